The van der Waals surface area contributed by atoms with E-state index in [1.807, 2.05) is 6.92 Å². The van der Waals surface area contributed by atoms with E-state index in [0.29, 0.717) is 28.1 Å². The van der Waals surface area contributed by atoms with E-state index >= 15 is 0 Å². The lowest BCUT2D eigenvalue weighted by atomic mass is 10.3. The highest BCUT2D eigenvalue weighted by molar-refractivity contribution is 7.89. The molecule has 9 nitrogen and oxygen atoms in total. The highest BCUT2D eigenvalue weighted by Crippen LogP contribution is 2.23. The first-order chi connectivity index (χ1) is 13.9. The Kier molecular flexibility index (Phi) is 6.50. The quantitative estimate of drug-likeness (QED) is 0.411. The number of carbonyl (C=O) groups is 1. The van der Waals surface area contributed by atoms with E-state index in [0.717, 1.165) is 11.3 Å². The molecule has 0 fully saturated rings. The topological polar surface area (TPSA) is 151 Å². The molecule has 3 rings (SSSR count). The molecule has 0 radical (unpaired) electrons. The maximum absolute atomic E-state index is 11.4. The van der Waals surface area contributed by atoms with Crippen molar-refractivity contribution >= 4 is 40.4 Å². The second kappa shape index (κ2) is 9.24. The first kappa shape index (κ1) is 20.4. The van der Waals surface area contributed by atoms with Crippen LogP contribution in [0, 0.1) is 6.92 Å². The smallest absolute Gasteiger partial charge is 0.255 e. The predicted molar refractivity (Wildman–Crippen MR) is 112 cm³/mol. The molecule has 150 valence electrons. The number of amides is 1. The third-order valence-electron chi connectivity index (χ3n) is 3.79. The van der Waals surface area contributed by atoms with E-state index in [4.69, 9.17) is 15.6 Å². The molecule has 1 atom stereocenters. The van der Waals surface area contributed by atoms with Gasteiger partial charge in [0.25, 0.3) is 5.91 Å². The van der Waals surface area contributed by atoms with Crippen LogP contribution in [0.4, 0.5) is 23.1 Å². The van der Waals surface area contributed by atoms with Crippen LogP contribution in [0.3, 0.4) is 0 Å². The fourth-order valence-electron chi connectivity index (χ4n) is 2.38. The Hall–Kier alpha value is -3.34. The normalized spacial score (nSPS) is 11.6. The van der Waals surface area contributed by atoms with Crippen molar-refractivity contribution in [1.29, 1.82) is 0 Å². The molecule has 6 N–H and O–H groups in total. The number of hydrogen-bond acceptors (Lipinski definition) is 8. The van der Waals surface area contributed by atoms with Gasteiger partial charge in [0.2, 0.25) is 5.95 Å². The SMILES string of the molecule is Cc1cnc(Nc2cccc([S+](N)[O-])c2)nc1Nc1ccc(OCC(N)=O)cc1. The van der Waals surface area contributed by atoms with Gasteiger partial charge in [0.05, 0.1) is 11.4 Å². The molecule has 1 aromatic heterocycles. The average molecular weight is 412 g/mol. The van der Waals surface area contributed by atoms with Crippen LogP contribution in [0.1, 0.15) is 5.56 Å². The number of ether oxygens (including phenoxy) is 1. The summed E-state index contributed by atoms with van der Waals surface area (Å²) in [5.41, 5.74) is 7.37. The van der Waals surface area contributed by atoms with E-state index in [1.54, 1.807) is 54.7 Å². The third-order valence-corrected chi connectivity index (χ3v) is 4.51. The molecule has 1 amide bonds. The molecular weight excluding hydrogens is 392 g/mol. The molecule has 29 heavy (non-hydrogen) atoms. The summed E-state index contributed by atoms with van der Waals surface area (Å²) in [7, 11) is 0. The Morgan fingerprint density at radius 1 is 1.17 bits per heavy atom. The maximum atomic E-state index is 11.4. The lowest BCUT2D eigenvalue weighted by molar-refractivity contribution is -0.119. The van der Waals surface area contributed by atoms with Gasteiger partial charge in [-0.3, -0.25) is 4.79 Å². The summed E-state index contributed by atoms with van der Waals surface area (Å²) in [6.45, 7) is 1.71. The number of carbonyl (C=O) groups excluding carboxylic acids is 1. The molecule has 0 aliphatic rings. The number of primary amides is 1. The number of hydrogen-bond donors (Lipinski definition) is 4. The highest BCUT2D eigenvalue weighted by Gasteiger charge is 2.09. The average Bonchev–Trinajstić information content (AvgIpc) is 2.70. The standard InChI is InChI=1S/C19H20N6O3S/c1-12-10-22-19(24-14-3-2-4-16(9-14)29(21)27)25-18(12)23-13-5-7-15(8-6-13)28-11-17(20)26/h2-10H,11,21H2,1H3,(H2,20,26)(H2,22,23,24,25). The molecule has 3 aromatic rings. The van der Waals surface area contributed by atoms with Crippen molar-refractivity contribution in [3.8, 4) is 5.75 Å². The predicted octanol–water partition coefficient (Wildman–Crippen LogP) is 2.12. The van der Waals surface area contributed by atoms with E-state index in [2.05, 4.69) is 20.6 Å². The summed E-state index contributed by atoms with van der Waals surface area (Å²) in [5.74, 6) is 0.992. The number of nitrogens with one attached hydrogen (secondary N) is 2. The summed E-state index contributed by atoms with van der Waals surface area (Å²) < 4.78 is 16.7. The van der Waals surface area contributed by atoms with Crippen LogP contribution in [0.2, 0.25) is 0 Å². The van der Waals surface area contributed by atoms with Crippen LogP contribution in [0.25, 0.3) is 0 Å². The second-order valence-corrected chi connectivity index (χ2v) is 7.15. The number of anilines is 4. The van der Waals surface area contributed by atoms with Gasteiger partial charge in [0.15, 0.2) is 11.5 Å². The summed E-state index contributed by atoms with van der Waals surface area (Å²) in [6.07, 6.45) is 1.69. The van der Waals surface area contributed by atoms with Crippen molar-refractivity contribution in [1.82, 2.24) is 9.97 Å². The first-order valence-electron chi connectivity index (χ1n) is 8.56. The fourth-order valence-corrected chi connectivity index (χ4v) is 2.84. The number of nitrogens with zero attached hydrogens (tertiary/aromatic N) is 2. The summed E-state index contributed by atoms with van der Waals surface area (Å²) in [6, 6.07) is 13.9. The Balaban J connectivity index is 1.72. The Bertz CT molecular complexity index is 997. The van der Waals surface area contributed by atoms with Crippen molar-refractivity contribution in [3.05, 3.63) is 60.3 Å². The second-order valence-electron chi connectivity index (χ2n) is 6.08. The van der Waals surface area contributed by atoms with Crippen molar-refractivity contribution in [2.24, 2.45) is 10.9 Å². The van der Waals surface area contributed by atoms with Crippen molar-refractivity contribution < 1.29 is 14.1 Å². The highest BCUT2D eigenvalue weighted by atomic mass is 32.2. The molecule has 0 saturated heterocycles. The fraction of sp³-hybridized carbons (Fsp3) is 0.105. The van der Waals surface area contributed by atoms with Crippen LogP contribution in [0.15, 0.2) is 59.6 Å². The van der Waals surface area contributed by atoms with Gasteiger partial charge >= 0.3 is 0 Å². The lowest BCUT2D eigenvalue weighted by Gasteiger charge is -2.12. The van der Waals surface area contributed by atoms with E-state index < -0.39 is 17.3 Å². The van der Waals surface area contributed by atoms with E-state index in [-0.39, 0.29) is 6.61 Å². The molecule has 2 aromatic carbocycles. The molecule has 0 bridgehead atoms. The zero-order chi connectivity index (χ0) is 20.8. The van der Waals surface area contributed by atoms with Gasteiger partial charge < -0.3 is 25.7 Å². The number of aromatic nitrogens is 2. The molecule has 10 heteroatoms. The third kappa shape index (κ3) is 5.82. The van der Waals surface area contributed by atoms with Gasteiger partial charge in [0.1, 0.15) is 11.6 Å². The zero-order valence-corrected chi connectivity index (χ0v) is 16.4. The molecule has 0 spiro atoms. The minimum Gasteiger partial charge on any atom is -0.593 e. The van der Waals surface area contributed by atoms with Crippen molar-refractivity contribution in [2.75, 3.05) is 17.2 Å². The molecule has 0 aliphatic carbocycles. The van der Waals surface area contributed by atoms with E-state index in [9.17, 15) is 9.35 Å². The molecule has 0 aliphatic heterocycles. The Labute approximate surface area is 170 Å². The molecule has 1 heterocycles. The van der Waals surface area contributed by atoms with Gasteiger partial charge in [0, 0.05) is 29.2 Å². The number of aryl methyl sites for hydroxylation is 1. The Morgan fingerprint density at radius 3 is 2.62 bits per heavy atom. The number of nitrogens with two attached hydrogens (primary N) is 2. The maximum Gasteiger partial charge on any atom is 0.255 e. The number of benzene rings is 2. The van der Waals surface area contributed by atoms with Crippen LogP contribution < -0.4 is 26.2 Å². The minimum absolute atomic E-state index is 0.175. The minimum atomic E-state index is -1.57. The molecule has 1 unspecified atom stereocenters. The van der Waals surface area contributed by atoms with Crippen LogP contribution >= 0.6 is 0 Å². The zero-order valence-electron chi connectivity index (χ0n) is 15.6. The van der Waals surface area contributed by atoms with E-state index in [1.165, 1.54) is 0 Å². The summed E-state index contributed by atoms with van der Waals surface area (Å²) >= 11 is -1.57. The van der Waals surface area contributed by atoms with Crippen LogP contribution in [0.5, 0.6) is 5.75 Å². The Morgan fingerprint density at radius 2 is 1.93 bits per heavy atom. The summed E-state index contributed by atoms with van der Waals surface area (Å²) in [5, 5.41) is 11.7. The van der Waals surface area contributed by atoms with Crippen LogP contribution in [-0.2, 0) is 16.2 Å². The molecular formula is C19H20N6O3S. The first-order valence-corrected chi connectivity index (χ1v) is 9.77. The van der Waals surface area contributed by atoms with Gasteiger partial charge in [-0.2, -0.15) is 4.98 Å². The monoisotopic (exact) mass is 412 g/mol. The van der Waals surface area contributed by atoms with Gasteiger partial charge in [-0.05, 0) is 43.3 Å². The van der Waals surface area contributed by atoms with Gasteiger partial charge in [-0.1, -0.05) is 6.07 Å². The van der Waals surface area contributed by atoms with Crippen LogP contribution in [-0.4, -0.2) is 27.0 Å². The van der Waals surface area contributed by atoms with Gasteiger partial charge in [-0.15, -0.1) is 5.14 Å². The molecule has 0 saturated carbocycles. The largest absolute Gasteiger partial charge is 0.593 e. The van der Waals surface area contributed by atoms with Crippen molar-refractivity contribution in [3.63, 3.8) is 0 Å². The van der Waals surface area contributed by atoms with Gasteiger partial charge in [-0.25, -0.2) is 4.98 Å². The lowest BCUT2D eigenvalue weighted by Crippen LogP contribution is -2.19. The summed E-state index contributed by atoms with van der Waals surface area (Å²) in [4.78, 5) is 20.0. The number of rotatable bonds is 8. The van der Waals surface area contributed by atoms with Crippen molar-refractivity contribution in [2.45, 2.75) is 11.8 Å².